The van der Waals surface area contributed by atoms with E-state index in [4.69, 9.17) is 26.3 Å². The van der Waals surface area contributed by atoms with Gasteiger partial charge in [-0.2, -0.15) is 0 Å². The highest BCUT2D eigenvalue weighted by atomic mass is 35.5. The van der Waals surface area contributed by atoms with Crippen LogP contribution in [0.15, 0.2) is 71.5 Å². The van der Waals surface area contributed by atoms with Gasteiger partial charge in [0.1, 0.15) is 11.6 Å². The summed E-state index contributed by atoms with van der Waals surface area (Å²) in [5.41, 5.74) is 5.27. The molecule has 6 nitrogen and oxygen atoms in total. The van der Waals surface area contributed by atoms with Crippen molar-refractivity contribution in [2.45, 2.75) is 19.5 Å². The van der Waals surface area contributed by atoms with E-state index >= 15 is 0 Å². The molecule has 0 spiro atoms. The number of nitrogens with one attached hydrogen (secondary N) is 1. The van der Waals surface area contributed by atoms with Crippen molar-refractivity contribution in [3.8, 4) is 28.4 Å². The number of benzene rings is 2. The van der Waals surface area contributed by atoms with Crippen molar-refractivity contribution < 1.29 is 4.74 Å². The van der Waals surface area contributed by atoms with E-state index in [-0.39, 0.29) is 5.56 Å². The van der Waals surface area contributed by atoms with Gasteiger partial charge in [-0.15, -0.1) is 0 Å². The Labute approximate surface area is 196 Å². The summed E-state index contributed by atoms with van der Waals surface area (Å²) in [5.74, 6) is 1.40. The zero-order valence-corrected chi connectivity index (χ0v) is 19.0. The fourth-order valence-electron chi connectivity index (χ4n) is 4.08. The maximum absolute atomic E-state index is 12.8. The first-order valence-electron chi connectivity index (χ1n) is 10.8. The topological polar surface area (TPSA) is 71.1 Å². The largest absolute Gasteiger partial charge is 0.497 e. The number of ether oxygens (including phenoxy) is 1. The van der Waals surface area contributed by atoms with E-state index in [1.54, 1.807) is 19.2 Å². The van der Waals surface area contributed by atoms with Crippen molar-refractivity contribution in [3.63, 3.8) is 0 Å². The van der Waals surface area contributed by atoms with E-state index in [1.807, 2.05) is 54.6 Å². The van der Waals surface area contributed by atoms with Gasteiger partial charge in [0, 0.05) is 42.2 Å². The van der Waals surface area contributed by atoms with E-state index in [1.165, 1.54) is 0 Å². The summed E-state index contributed by atoms with van der Waals surface area (Å²) in [6.07, 6.45) is 0.720. The summed E-state index contributed by atoms with van der Waals surface area (Å²) in [5, 5.41) is 0.652. The molecule has 1 aliphatic heterocycles. The van der Waals surface area contributed by atoms with Gasteiger partial charge in [-0.25, -0.2) is 4.98 Å². The molecule has 0 fully saturated rings. The third-order valence-corrected chi connectivity index (χ3v) is 6.10. The minimum atomic E-state index is -0.0883. The van der Waals surface area contributed by atoms with Gasteiger partial charge in [0.2, 0.25) is 0 Å². The summed E-state index contributed by atoms with van der Waals surface area (Å²) in [6, 6.07) is 21.2. The molecule has 0 bridgehead atoms. The molecule has 1 aliphatic rings. The molecular formula is C26H23ClN4O2. The van der Waals surface area contributed by atoms with Crippen LogP contribution in [0.4, 0.5) is 0 Å². The van der Waals surface area contributed by atoms with E-state index in [2.05, 4.69) is 9.88 Å². The van der Waals surface area contributed by atoms with E-state index in [9.17, 15) is 4.79 Å². The van der Waals surface area contributed by atoms with Gasteiger partial charge in [-0.3, -0.25) is 14.7 Å². The maximum atomic E-state index is 12.8. The molecule has 0 amide bonds. The number of hydrogen-bond donors (Lipinski definition) is 1. The van der Waals surface area contributed by atoms with Crippen molar-refractivity contribution in [1.29, 1.82) is 0 Å². The van der Waals surface area contributed by atoms with Crippen LogP contribution in [0.25, 0.3) is 22.6 Å². The van der Waals surface area contributed by atoms with Crippen molar-refractivity contribution in [2.24, 2.45) is 0 Å². The molecule has 0 aliphatic carbocycles. The van der Waals surface area contributed by atoms with Crippen molar-refractivity contribution in [3.05, 3.63) is 99.1 Å². The van der Waals surface area contributed by atoms with Gasteiger partial charge in [0.15, 0.2) is 0 Å². The summed E-state index contributed by atoms with van der Waals surface area (Å²) in [6.45, 7) is 2.03. The van der Waals surface area contributed by atoms with Crippen LogP contribution in [0.2, 0.25) is 5.02 Å². The molecule has 4 aromatic rings. The van der Waals surface area contributed by atoms with Gasteiger partial charge < -0.3 is 9.72 Å². The van der Waals surface area contributed by atoms with Crippen LogP contribution in [0, 0.1) is 0 Å². The van der Waals surface area contributed by atoms with E-state index < -0.39 is 0 Å². The minimum absolute atomic E-state index is 0.0883. The van der Waals surface area contributed by atoms with Gasteiger partial charge in [0.05, 0.1) is 29.8 Å². The lowest BCUT2D eigenvalue weighted by Gasteiger charge is -2.27. The standard InChI is InChI=1S/C26H23ClN4O2/c1-33-21-11-7-17(8-12-21)23-4-2-3-20(28-23)15-31-14-13-24-22(16-31)26(32)30-25(29-24)18-5-9-19(27)10-6-18/h2-12H,13-16H2,1H3,(H,29,30,32). The lowest BCUT2D eigenvalue weighted by molar-refractivity contribution is 0.239. The highest BCUT2D eigenvalue weighted by Gasteiger charge is 2.22. The molecule has 0 saturated heterocycles. The summed E-state index contributed by atoms with van der Waals surface area (Å²) in [7, 11) is 1.66. The van der Waals surface area contributed by atoms with Crippen LogP contribution in [0.3, 0.4) is 0 Å². The molecule has 2 aromatic heterocycles. The Morgan fingerprint density at radius 1 is 1.00 bits per heavy atom. The molecular weight excluding hydrogens is 436 g/mol. The lowest BCUT2D eigenvalue weighted by atomic mass is 10.1. The summed E-state index contributed by atoms with van der Waals surface area (Å²) in [4.78, 5) is 27.6. The second-order valence-electron chi connectivity index (χ2n) is 8.05. The predicted octanol–water partition coefficient (Wildman–Crippen LogP) is 4.72. The molecule has 2 aromatic carbocycles. The average Bonchev–Trinajstić information content (AvgIpc) is 2.85. The molecule has 0 saturated carbocycles. The van der Waals surface area contributed by atoms with Crippen molar-refractivity contribution >= 4 is 11.6 Å². The molecule has 33 heavy (non-hydrogen) atoms. The number of H-pyrrole nitrogens is 1. The number of aromatic nitrogens is 3. The highest BCUT2D eigenvalue weighted by molar-refractivity contribution is 6.30. The third-order valence-electron chi connectivity index (χ3n) is 5.84. The van der Waals surface area contributed by atoms with E-state index in [0.29, 0.717) is 23.9 Å². The lowest BCUT2D eigenvalue weighted by Crippen LogP contribution is -2.35. The normalized spacial score (nSPS) is 13.5. The first-order valence-corrected chi connectivity index (χ1v) is 11.2. The van der Waals surface area contributed by atoms with Crippen LogP contribution in [0.5, 0.6) is 5.75 Å². The first kappa shape index (κ1) is 21.4. The SMILES string of the molecule is COc1ccc(-c2cccc(CN3CCc4nc(-c5ccc(Cl)cc5)[nH]c(=O)c4C3)n2)cc1. The van der Waals surface area contributed by atoms with Crippen LogP contribution in [-0.2, 0) is 19.5 Å². The van der Waals surface area contributed by atoms with Crippen LogP contribution >= 0.6 is 11.6 Å². The fraction of sp³-hybridized carbons (Fsp3) is 0.192. The maximum Gasteiger partial charge on any atom is 0.255 e. The van der Waals surface area contributed by atoms with Crippen LogP contribution in [-0.4, -0.2) is 33.5 Å². The Balaban J connectivity index is 1.33. The Morgan fingerprint density at radius 3 is 2.52 bits per heavy atom. The van der Waals surface area contributed by atoms with Gasteiger partial charge in [-0.1, -0.05) is 17.7 Å². The summed E-state index contributed by atoms with van der Waals surface area (Å²) < 4.78 is 5.24. The smallest absolute Gasteiger partial charge is 0.255 e. The zero-order valence-electron chi connectivity index (χ0n) is 18.2. The summed E-state index contributed by atoms with van der Waals surface area (Å²) >= 11 is 5.98. The Hall–Kier alpha value is -3.48. The second-order valence-corrected chi connectivity index (χ2v) is 8.49. The molecule has 3 heterocycles. The number of rotatable bonds is 5. The predicted molar refractivity (Wildman–Crippen MR) is 129 cm³/mol. The van der Waals surface area contributed by atoms with E-state index in [0.717, 1.165) is 52.5 Å². The first-order chi connectivity index (χ1) is 16.1. The number of methoxy groups -OCH3 is 1. The third kappa shape index (κ3) is 4.67. The number of aromatic amines is 1. The molecule has 0 atom stereocenters. The molecule has 1 N–H and O–H groups in total. The number of fused-ring (bicyclic) bond motifs is 1. The molecule has 166 valence electrons. The number of halogens is 1. The number of pyridine rings is 1. The van der Waals surface area contributed by atoms with Crippen LogP contribution in [0.1, 0.15) is 17.0 Å². The quantitative estimate of drug-likeness (QED) is 0.468. The van der Waals surface area contributed by atoms with Gasteiger partial charge in [-0.05, 0) is 60.7 Å². The number of nitrogens with zero attached hydrogens (tertiary/aromatic N) is 3. The minimum Gasteiger partial charge on any atom is -0.497 e. The highest BCUT2D eigenvalue weighted by Crippen LogP contribution is 2.23. The Morgan fingerprint density at radius 2 is 1.76 bits per heavy atom. The molecule has 0 unspecified atom stereocenters. The zero-order chi connectivity index (χ0) is 22.8. The monoisotopic (exact) mass is 458 g/mol. The fourth-order valence-corrected chi connectivity index (χ4v) is 4.21. The van der Waals surface area contributed by atoms with Gasteiger partial charge >= 0.3 is 0 Å². The molecule has 0 radical (unpaired) electrons. The second kappa shape index (κ2) is 9.17. The average molecular weight is 459 g/mol. The van der Waals surface area contributed by atoms with Crippen molar-refractivity contribution in [2.75, 3.05) is 13.7 Å². The number of hydrogen-bond acceptors (Lipinski definition) is 5. The van der Waals surface area contributed by atoms with Gasteiger partial charge in [0.25, 0.3) is 5.56 Å². The Kier molecular flexibility index (Phi) is 5.94. The molecule has 5 rings (SSSR count). The van der Waals surface area contributed by atoms with Crippen molar-refractivity contribution in [1.82, 2.24) is 19.9 Å². The van der Waals surface area contributed by atoms with Crippen LogP contribution < -0.4 is 10.3 Å². The Bertz CT molecular complexity index is 1330. The molecule has 7 heteroatoms.